The number of aromatic nitrogens is 2. The monoisotopic (exact) mass is 529 g/mol. The van der Waals surface area contributed by atoms with E-state index in [0.29, 0.717) is 5.56 Å². The van der Waals surface area contributed by atoms with Crippen LogP contribution in [-0.2, 0) is 35.2 Å². The molecule has 3 rings (SSSR count). The molecule has 1 spiro atoms. The van der Waals surface area contributed by atoms with Gasteiger partial charge in [0.15, 0.2) is 20.1 Å². The third-order valence-electron chi connectivity index (χ3n) is 6.93. The molecule has 196 valence electrons. The molecule has 0 amide bonds. The molecule has 1 fully saturated rings. The van der Waals surface area contributed by atoms with Crippen LogP contribution in [0.5, 0.6) is 0 Å². The molecule has 1 saturated heterocycles. The minimum Gasteiger partial charge on any atom is -0.406 e. The van der Waals surface area contributed by atoms with Crippen molar-refractivity contribution in [2.45, 2.75) is 69.9 Å². The van der Waals surface area contributed by atoms with Gasteiger partial charge < -0.3 is 19.6 Å². The molecule has 0 radical (unpaired) electrons. The highest BCUT2D eigenvalue weighted by molar-refractivity contribution is 7.90. The topological polar surface area (TPSA) is 141 Å². The first-order valence-electron chi connectivity index (χ1n) is 11.2. The molecule has 2 unspecified atom stereocenters. The lowest BCUT2D eigenvalue weighted by atomic mass is 9.89. The van der Waals surface area contributed by atoms with Crippen molar-refractivity contribution in [2.24, 2.45) is 12.8 Å². The van der Waals surface area contributed by atoms with Crippen molar-refractivity contribution in [1.29, 1.82) is 0 Å². The van der Waals surface area contributed by atoms with E-state index in [-0.39, 0.29) is 23.9 Å². The summed E-state index contributed by atoms with van der Waals surface area (Å²) in [4.78, 5) is 25.5. The Labute approximate surface area is 206 Å². The summed E-state index contributed by atoms with van der Waals surface area (Å²) in [5, 5.41) is 0.562. The Kier molecular flexibility index (Phi) is 7.18. The zero-order chi connectivity index (χ0) is 26.6. The van der Waals surface area contributed by atoms with Crippen molar-refractivity contribution in [3.05, 3.63) is 56.4 Å². The van der Waals surface area contributed by atoms with Gasteiger partial charge in [-0.3, -0.25) is 13.9 Å². The number of aryl methyl sites for hydroxylation is 1. The largest absolute Gasteiger partial charge is 0.406 e. The van der Waals surface area contributed by atoms with Gasteiger partial charge in [-0.2, -0.15) is 8.42 Å². The molecule has 2 N–H and O–H groups in total. The fourth-order valence-electron chi connectivity index (χ4n) is 4.00. The van der Waals surface area contributed by atoms with Gasteiger partial charge in [-0.25, -0.2) is 8.98 Å². The number of ether oxygens (including phenoxy) is 2. The van der Waals surface area contributed by atoms with Crippen LogP contribution in [0.1, 0.15) is 32.6 Å². The maximum Gasteiger partial charge on any atom is 0.332 e. The lowest BCUT2D eigenvalue weighted by Gasteiger charge is -2.43. The van der Waals surface area contributed by atoms with Crippen LogP contribution in [0.2, 0.25) is 18.1 Å². The van der Waals surface area contributed by atoms with Crippen LogP contribution < -0.4 is 17.0 Å². The van der Waals surface area contributed by atoms with Gasteiger partial charge in [0.1, 0.15) is 12.2 Å². The first-order valence-corrected chi connectivity index (χ1v) is 15.6. The Morgan fingerprint density at radius 3 is 2.46 bits per heavy atom. The Hall–Kier alpha value is -2.03. The SMILES string of the molecule is C=CCOCC1O[C@@H](n2cc(C)c(=O)n(C)c2=O)[C@H](O[Si](C)(C)C(C)(C)C)C12OS(=O)(=O)C=C2N. The lowest BCUT2D eigenvalue weighted by molar-refractivity contribution is -0.0716. The van der Waals surface area contributed by atoms with Crippen LogP contribution in [0.15, 0.2) is 39.5 Å². The van der Waals surface area contributed by atoms with Crippen LogP contribution in [0.25, 0.3) is 0 Å². The molecule has 2 aliphatic heterocycles. The predicted molar refractivity (Wildman–Crippen MR) is 133 cm³/mol. The molecule has 3 heterocycles. The molecule has 0 aliphatic carbocycles. The van der Waals surface area contributed by atoms with E-state index in [2.05, 4.69) is 6.58 Å². The van der Waals surface area contributed by atoms with Crippen molar-refractivity contribution in [2.75, 3.05) is 13.2 Å². The Morgan fingerprint density at radius 1 is 1.31 bits per heavy atom. The van der Waals surface area contributed by atoms with E-state index in [4.69, 9.17) is 23.8 Å². The second-order valence-corrected chi connectivity index (χ2v) is 16.6. The molecule has 1 aromatic rings. The summed E-state index contributed by atoms with van der Waals surface area (Å²) in [6.07, 6.45) is -0.417. The van der Waals surface area contributed by atoms with Crippen LogP contribution in [0, 0.1) is 6.92 Å². The zero-order valence-electron chi connectivity index (χ0n) is 21.2. The van der Waals surface area contributed by atoms with E-state index in [1.54, 1.807) is 6.92 Å². The van der Waals surface area contributed by atoms with Crippen molar-refractivity contribution >= 4 is 18.4 Å². The zero-order valence-corrected chi connectivity index (χ0v) is 23.0. The highest BCUT2D eigenvalue weighted by Gasteiger charge is 2.67. The minimum atomic E-state index is -4.16. The van der Waals surface area contributed by atoms with Crippen LogP contribution in [0.3, 0.4) is 0 Å². The summed E-state index contributed by atoms with van der Waals surface area (Å²) in [5.41, 5.74) is 3.63. The number of nitrogens with two attached hydrogens (primary N) is 1. The Bertz CT molecular complexity index is 1260. The van der Waals surface area contributed by atoms with Crippen LogP contribution in [-0.4, -0.2) is 56.9 Å². The van der Waals surface area contributed by atoms with Gasteiger partial charge in [0.25, 0.3) is 15.7 Å². The number of hydrogen-bond acceptors (Lipinski definition) is 9. The number of hydrogen-bond donors (Lipinski definition) is 1. The fourth-order valence-corrected chi connectivity index (χ4v) is 6.50. The van der Waals surface area contributed by atoms with Gasteiger partial charge in [-0.05, 0) is 25.1 Å². The maximum absolute atomic E-state index is 13.2. The molecule has 0 bridgehead atoms. The molecule has 11 nitrogen and oxygen atoms in total. The lowest BCUT2D eigenvalue weighted by Crippen LogP contribution is -2.58. The van der Waals surface area contributed by atoms with Crippen molar-refractivity contribution in [3.8, 4) is 0 Å². The summed E-state index contributed by atoms with van der Waals surface area (Å²) in [7, 11) is -5.42. The third-order valence-corrected chi connectivity index (χ3v) is 12.4. The molecule has 0 aromatic carbocycles. The van der Waals surface area contributed by atoms with Gasteiger partial charge in [0.2, 0.25) is 0 Å². The fraction of sp³-hybridized carbons (Fsp3) is 0.636. The molecule has 13 heteroatoms. The first-order chi connectivity index (χ1) is 16.0. The molecule has 4 atom stereocenters. The standard InChI is InChI=1S/C22H35N3O8SSi/c1-9-10-30-12-16-22(15(23)13-34(28,29)33-22)17(32-35(7,8)21(3,4)5)19(31-16)25-11-14(2)18(26)24(6)20(25)27/h9,11,13,16-17,19H,1,10,12,23H2,2-8H3/t16?,17-,19+,22?/m0/s1. The number of rotatable bonds is 7. The van der Waals surface area contributed by atoms with Gasteiger partial charge in [0.05, 0.1) is 24.3 Å². The third kappa shape index (κ3) is 4.72. The highest BCUT2D eigenvalue weighted by Crippen LogP contribution is 2.51. The smallest absolute Gasteiger partial charge is 0.332 e. The average Bonchev–Trinajstić information content (AvgIpc) is 3.15. The van der Waals surface area contributed by atoms with E-state index in [1.807, 2.05) is 33.9 Å². The molecular weight excluding hydrogens is 494 g/mol. The molecule has 2 aliphatic rings. The molecule has 1 aromatic heterocycles. The van der Waals surface area contributed by atoms with E-state index in [1.165, 1.54) is 23.9 Å². The summed E-state index contributed by atoms with van der Waals surface area (Å²) >= 11 is 0. The van der Waals surface area contributed by atoms with Gasteiger partial charge >= 0.3 is 5.69 Å². The average molecular weight is 530 g/mol. The van der Waals surface area contributed by atoms with Crippen LogP contribution in [0.4, 0.5) is 0 Å². The summed E-state index contributed by atoms with van der Waals surface area (Å²) < 4.78 is 51.6. The van der Waals surface area contributed by atoms with Gasteiger partial charge in [-0.1, -0.05) is 26.8 Å². The van der Waals surface area contributed by atoms with Crippen molar-refractivity contribution < 1.29 is 26.5 Å². The summed E-state index contributed by atoms with van der Waals surface area (Å²) in [6.45, 7) is 15.3. The number of nitrogens with zero attached hydrogens (tertiary/aromatic N) is 2. The maximum atomic E-state index is 13.2. The normalized spacial score (nSPS) is 28.4. The molecule has 35 heavy (non-hydrogen) atoms. The summed E-state index contributed by atoms with van der Waals surface area (Å²) in [6, 6.07) is 0. The van der Waals surface area contributed by atoms with Gasteiger partial charge in [0, 0.05) is 18.8 Å². The molecule has 0 saturated carbocycles. The second kappa shape index (κ2) is 9.12. The molecular formula is C22H35N3O8SSi. The van der Waals surface area contributed by atoms with Crippen LogP contribution >= 0.6 is 0 Å². The first kappa shape index (κ1) is 27.6. The predicted octanol–water partition coefficient (Wildman–Crippen LogP) is 1.24. The van der Waals surface area contributed by atoms with E-state index in [0.717, 1.165) is 9.98 Å². The second-order valence-electron chi connectivity index (χ2n) is 10.4. The van der Waals surface area contributed by atoms with E-state index in [9.17, 15) is 18.0 Å². The minimum absolute atomic E-state index is 0.106. The quantitative estimate of drug-likeness (QED) is 0.239. The van der Waals surface area contributed by atoms with Gasteiger partial charge in [-0.15, -0.1) is 6.58 Å². The Balaban J connectivity index is 2.27. The Morgan fingerprint density at radius 2 is 1.94 bits per heavy atom. The van der Waals surface area contributed by atoms with Crippen molar-refractivity contribution in [3.63, 3.8) is 0 Å². The summed E-state index contributed by atoms with van der Waals surface area (Å²) in [5.74, 6) is 0. The van der Waals surface area contributed by atoms with E-state index < -0.39 is 53.7 Å². The highest BCUT2D eigenvalue weighted by atomic mass is 32.2. The van der Waals surface area contributed by atoms with Crippen molar-refractivity contribution in [1.82, 2.24) is 9.13 Å². The van der Waals surface area contributed by atoms with E-state index >= 15 is 0 Å².